The van der Waals surface area contributed by atoms with Crippen molar-refractivity contribution < 1.29 is 10.2 Å². The summed E-state index contributed by atoms with van der Waals surface area (Å²) >= 11 is 11.2. The summed E-state index contributed by atoms with van der Waals surface area (Å²) in [6, 6.07) is 11.5. The highest BCUT2D eigenvalue weighted by Crippen LogP contribution is 2.24. The van der Waals surface area contributed by atoms with Gasteiger partial charge in [0.1, 0.15) is 0 Å². The van der Waals surface area contributed by atoms with Gasteiger partial charge in [-0.25, -0.2) is 5.10 Å². The number of phenolic OH excluding ortho intramolecular Hbond substituents is 2. The third-order valence-electron chi connectivity index (χ3n) is 3.06. The second kappa shape index (κ2) is 6.23. The SMILES string of the molecule is Oc1ccc(C=Nn2c(-c3cccc(Cl)c3)n[nH]c2=S)cc1O. The summed E-state index contributed by atoms with van der Waals surface area (Å²) in [4.78, 5) is 0. The Hall–Kier alpha value is -2.64. The van der Waals surface area contributed by atoms with Crippen LogP contribution in [0.1, 0.15) is 5.56 Å². The van der Waals surface area contributed by atoms with E-state index in [9.17, 15) is 10.2 Å². The van der Waals surface area contributed by atoms with E-state index in [0.717, 1.165) is 5.56 Å². The number of H-pyrrole nitrogens is 1. The monoisotopic (exact) mass is 346 g/mol. The molecule has 1 aromatic heterocycles. The first-order valence-corrected chi connectivity index (χ1v) is 7.33. The van der Waals surface area contributed by atoms with Crippen molar-refractivity contribution in [3.8, 4) is 22.9 Å². The number of benzene rings is 2. The van der Waals surface area contributed by atoms with Crippen molar-refractivity contribution >= 4 is 30.0 Å². The van der Waals surface area contributed by atoms with Crippen LogP contribution in [0.5, 0.6) is 11.5 Å². The maximum absolute atomic E-state index is 9.50. The number of nitrogens with one attached hydrogen (secondary N) is 1. The van der Waals surface area contributed by atoms with Crippen LogP contribution >= 0.6 is 23.8 Å². The molecule has 0 bridgehead atoms. The Morgan fingerprint density at radius 1 is 1.17 bits per heavy atom. The molecule has 0 radical (unpaired) electrons. The van der Waals surface area contributed by atoms with E-state index < -0.39 is 0 Å². The molecule has 3 rings (SSSR count). The first kappa shape index (κ1) is 15.3. The molecule has 0 unspecified atom stereocenters. The quantitative estimate of drug-likeness (QED) is 0.384. The maximum Gasteiger partial charge on any atom is 0.216 e. The highest BCUT2D eigenvalue weighted by atomic mass is 35.5. The van der Waals surface area contributed by atoms with E-state index in [2.05, 4.69) is 15.3 Å². The predicted octanol–water partition coefficient (Wildman–Crippen LogP) is 3.55. The fourth-order valence-corrected chi connectivity index (χ4v) is 2.33. The lowest BCUT2D eigenvalue weighted by Gasteiger charge is -2.02. The summed E-state index contributed by atoms with van der Waals surface area (Å²) in [5.41, 5.74) is 1.36. The predicted molar refractivity (Wildman–Crippen MR) is 90.6 cm³/mol. The molecule has 0 atom stereocenters. The van der Waals surface area contributed by atoms with Gasteiger partial charge in [-0.2, -0.15) is 14.9 Å². The number of aromatic hydroxyl groups is 2. The van der Waals surface area contributed by atoms with Crippen molar-refractivity contribution in [2.24, 2.45) is 5.10 Å². The molecule has 2 aromatic carbocycles. The van der Waals surface area contributed by atoms with Crippen LogP contribution in [0.25, 0.3) is 11.4 Å². The molecule has 3 aromatic rings. The van der Waals surface area contributed by atoms with Gasteiger partial charge in [0.15, 0.2) is 17.3 Å². The van der Waals surface area contributed by atoms with E-state index in [-0.39, 0.29) is 11.5 Å². The van der Waals surface area contributed by atoms with Gasteiger partial charge < -0.3 is 10.2 Å². The molecule has 0 aliphatic rings. The second-order valence-electron chi connectivity index (χ2n) is 4.67. The van der Waals surface area contributed by atoms with Gasteiger partial charge in [-0.15, -0.1) is 0 Å². The van der Waals surface area contributed by atoms with Crippen LogP contribution in [0.2, 0.25) is 5.02 Å². The number of hydrogen-bond acceptors (Lipinski definition) is 5. The molecular formula is C15H11ClN4O2S. The molecule has 8 heteroatoms. The van der Waals surface area contributed by atoms with Crippen LogP contribution in [-0.2, 0) is 0 Å². The zero-order chi connectivity index (χ0) is 16.4. The van der Waals surface area contributed by atoms with Crippen molar-refractivity contribution in [3.05, 3.63) is 57.8 Å². The molecular weight excluding hydrogens is 336 g/mol. The molecule has 116 valence electrons. The maximum atomic E-state index is 9.50. The van der Waals surface area contributed by atoms with Gasteiger partial charge in [0.05, 0.1) is 6.21 Å². The first-order chi connectivity index (χ1) is 11.0. The Kier molecular flexibility index (Phi) is 4.14. The van der Waals surface area contributed by atoms with Crippen molar-refractivity contribution in [1.29, 1.82) is 0 Å². The number of halogens is 1. The van der Waals surface area contributed by atoms with Gasteiger partial charge in [-0.3, -0.25) is 0 Å². The Bertz CT molecular complexity index is 949. The Balaban J connectivity index is 2.00. The number of aromatic amines is 1. The minimum Gasteiger partial charge on any atom is -0.504 e. The highest BCUT2D eigenvalue weighted by Gasteiger charge is 2.08. The number of phenols is 2. The average molecular weight is 347 g/mol. The summed E-state index contributed by atoms with van der Waals surface area (Å²) in [5.74, 6) is 0.0956. The van der Waals surface area contributed by atoms with Crippen LogP contribution in [0.3, 0.4) is 0 Å². The normalized spacial score (nSPS) is 11.2. The van der Waals surface area contributed by atoms with Crippen LogP contribution < -0.4 is 0 Å². The summed E-state index contributed by atoms with van der Waals surface area (Å²) < 4.78 is 1.77. The molecule has 23 heavy (non-hydrogen) atoms. The third kappa shape index (κ3) is 3.25. The Labute approximate surface area is 141 Å². The lowest BCUT2D eigenvalue weighted by molar-refractivity contribution is 0.403. The van der Waals surface area contributed by atoms with Gasteiger partial charge >= 0.3 is 0 Å². The van der Waals surface area contributed by atoms with Gasteiger partial charge in [0.2, 0.25) is 4.77 Å². The minimum atomic E-state index is -0.222. The molecule has 0 fully saturated rings. The molecule has 0 amide bonds. The van der Waals surface area contributed by atoms with Crippen molar-refractivity contribution in [3.63, 3.8) is 0 Å². The standard InChI is InChI=1S/C15H11ClN4O2S/c16-11-3-1-2-10(7-11)14-18-19-15(23)20(14)17-8-9-4-5-12(21)13(22)6-9/h1-8,21-22H,(H,19,23). The number of aromatic nitrogens is 3. The molecule has 6 nitrogen and oxygen atoms in total. The number of rotatable bonds is 3. The first-order valence-electron chi connectivity index (χ1n) is 6.54. The lowest BCUT2D eigenvalue weighted by atomic mass is 10.2. The fourth-order valence-electron chi connectivity index (χ4n) is 1.96. The number of nitrogens with zero attached hydrogens (tertiary/aromatic N) is 3. The van der Waals surface area contributed by atoms with Gasteiger partial charge in [-0.05, 0) is 48.1 Å². The van der Waals surface area contributed by atoms with E-state index in [1.807, 2.05) is 12.1 Å². The topological polar surface area (TPSA) is 86.4 Å². The van der Waals surface area contributed by atoms with Crippen molar-refractivity contribution in [1.82, 2.24) is 14.9 Å². The van der Waals surface area contributed by atoms with Crippen LogP contribution in [0.15, 0.2) is 47.6 Å². The summed E-state index contributed by atoms with van der Waals surface area (Å²) in [6.45, 7) is 0. The smallest absolute Gasteiger partial charge is 0.216 e. The molecule has 0 aliphatic heterocycles. The van der Waals surface area contributed by atoms with Gasteiger partial charge in [0, 0.05) is 10.6 Å². The third-order valence-corrected chi connectivity index (χ3v) is 3.55. The largest absolute Gasteiger partial charge is 0.504 e. The van der Waals surface area contributed by atoms with E-state index in [4.69, 9.17) is 23.8 Å². The fraction of sp³-hybridized carbons (Fsp3) is 0. The summed E-state index contributed by atoms with van der Waals surface area (Å²) in [6.07, 6.45) is 1.50. The van der Waals surface area contributed by atoms with Crippen LogP contribution in [0, 0.1) is 4.77 Å². The molecule has 0 aliphatic carbocycles. The van der Waals surface area contributed by atoms with Gasteiger partial charge in [-0.1, -0.05) is 23.7 Å². The number of hydrogen-bond donors (Lipinski definition) is 3. The van der Waals surface area contributed by atoms with Crippen LogP contribution in [0.4, 0.5) is 0 Å². The highest BCUT2D eigenvalue weighted by molar-refractivity contribution is 7.71. The molecule has 1 heterocycles. The van der Waals surface area contributed by atoms with E-state index in [1.54, 1.807) is 18.2 Å². The van der Waals surface area contributed by atoms with E-state index >= 15 is 0 Å². The zero-order valence-corrected chi connectivity index (χ0v) is 13.2. The molecule has 0 saturated heterocycles. The van der Waals surface area contributed by atoms with E-state index in [0.29, 0.717) is 21.2 Å². The average Bonchev–Trinajstić information content (AvgIpc) is 2.89. The molecule has 3 N–H and O–H groups in total. The van der Waals surface area contributed by atoms with Crippen LogP contribution in [-0.4, -0.2) is 31.3 Å². The lowest BCUT2D eigenvalue weighted by Crippen LogP contribution is -1.95. The van der Waals surface area contributed by atoms with Gasteiger partial charge in [0.25, 0.3) is 0 Å². The van der Waals surface area contributed by atoms with Crippen molar-refractivity contribution in [2.75, 3.05) is 0 Å². The molecule has 0 spiro atoms. The van der Waals surface area contributed by atoms with Crippen molar-refractivity contribution in [2.45, 2.75) is 0 Å². The Morgan fingerprint density at radius 2 is 2.00 bits per heavy atom. The van der Waals surface area contributed by atoms with E-state index in [1.165, 1.54) is 23.0 Å². The molecule has 0 saturated carbocycles. The Morgan fingerprint density at radius 3 is 2.74 bits per heavy atom. The minimum absolute atomic E-state index is 0.193. The summed E-state index contributed by atoms with van der Waals surface area (Å²) in [7, 11) is 0. The summed E-state index contributed by atoms with van der Waals surface area (Å²) in [5, 5.41) is 30.5. The zero-order valence-electron chi connectivity index (χ0n) is 11.6. The second-order valence-corrected chi connectivity index (χ2v) is 5.49.